The molecule has 5 heteroatoms. The van der Waals surface area contributed by atoms with Gasteiger partial charge < -0.3 is 20.1 Å². The Labute approximate surface area is 132 Å². The first-order valence-corrected chi connectivity index (χ1v) is 8.31. The van der Waals surface area contributed by atoms with Crippen molar-refractivity contribution in [2.24, 2.45) is 23.2 Å². The maximum atomic E-state index is 11.0. The molecule has 2 rings (SSSR count). The Morgan fingerprint density at radius 2 is 1.91 bits per heavy atom. The summed E-state index contributed by atoms with van der Waals surface area (Å²) in [6.45, 7) is 7.37. The third-order valence-electron chi connectivity index (χ3n) is 6.14. The number of rotatable bonds is 3. The molecule has 0 radical (unpaired) electrons. The van der Waals surface area contributed by atoms with Crippen LogP contribution in [0.3, 0.4) is 0 Å². The van der Waals surface area contributed by atoms with Crippen LogP contribution in [0, 0.1) is 23.2 Å². The standard InChI is InChI=1S/C17H30O5/c1-10(9-22-11(2)18)12-5-7-16(3)13(19)6-8-17(4,21)15(16)14(12)20/h10,12-15,19-21H,5-9H2,1-4H3/t10-,12+,13-,14-,15?,16+,17+/m1/s1. The first kappa shape index (κ1) is 17.7. The summed E-state index contributed by atoms with van der Waals surface area (Å²) >= 11 is 0. The van der Waals surface area contributed by atoms with E-state index in [1.54, 1.807) is 6.92 Å². The maximum absolute atomic E-state index is 11.0. The summed E-state index contributed by atoms with van der Waals surface area (Å²) in [6.07, 6.45) is 1.41. The molecule has 0 aromatic rings. The predicted octanol–water partition coefficient (Wildman–Crippen LogP) is 1.48. The Morgan fingerprint density at radius 1 is 1.27 bits per heavy atom. The Hall–Kier alpha value is -0.650. The van der Waals surface area contributed by atoms with Crippen LogP contribution in [0.15, 0.2) is 0 Å². The highest BCUT2D eigenvalue weighted by Crippen LogP contribution is 2.56. The fraction of sp³-hybridized carbons (Fsp3) is 0.941. The molecule has 0 bridgehead atoms. The molecular weight excluding hydrogens is 284 g/mol. The van der Waals surface area contributed by atoms with E-state index in [4.69, 9.17) is 4.74 Å². The average Bonchev–Trinajstić information content (AvgIpc) is 2.40. The van der Waals surface area contributed by atoms with Crippen LogP contribution in [-0.4, -0.2) is 45.7 Å². The molecular formula is C17H30O5. The number of aliphatic hydroxyl groups is 3. The second-order valence-corrected chi connectivity index (χ2v) is 7.87. The van der Waals surface area contributed by atoms with Crippen molar-refractivity contribution in [1.29, 1.82) is 0 Å². The minimum absolute atomic E-state index is 0.0262. The largest absolute Gasteiger partial charge is 0.466 e. The van der Waals surface area contributed by atoms with Gasteiger partial charge in [-0.2, -0.15) is 0 Å². The highest BCUT2D eigenvalue weighted by Gasteiger charge is 2.59. The Bertz CT molecular complexity index is 421. The van der Waals surface area contributed by atoms with Crippen LogP contribution >= 0.6 is 0 Å². The van der Waals surface area contributed by atoms with Crippen LogP contribution in [0.25, 0.3) is 0 Å². The third kappa shape index (κ3) is 3.03. The zero-order valence-electron chi connectivity index (χ0n) is 14.1. The number of fused-ring (bicyclic) bond motifs is 1. The summed E-state index contributed by atoms with van der Waals surface area (Å²) < 4.78 is 5.08. The Balaban J connectivity index is 2.18. The number of aliphatic hydroxyl groups excluding tert-OH is 2. The first-order valence-electron chi connectivity index (χ1n) is 8.31. The van der Waals surface area contributed by atoms with Gasteiger partial charge in [0.2, 0.25) is 0 Å². The molecule has 128 valence electrons. The maximum Gasteiger partial charge on any atom is 0.302 e. The smallest absolute Gasteiger partial charge is 0.302 e. The number of carbonyl (C=O) groups is 1. The van der Waals surface area contributed by atoms with Crippen molar-refractivity contribution < 1.29 is 24.9 Å². The van der Waals surface area contributed by atoms with Crippen molar-refractivity contribution in [3.8, 4) is 0 Å². The van der Waals surface area contributed by atoms with Gasteiger partial charge in [-0.15, -0.1) is 0 Å². The fourth-order valence-electron chi connectivity index (χ4n) is 4.80. The SMILES string of the molecule is CC(=O)OC[C@@H](C)[C@@H]1CC[C@]2(C)C([C@@H]1O)[C@@](C)(O)CC[C@H]2O. The van der Waals surface area contributed by atoms with Crippen molar-refractivity contribution in [2.75, 3.05) is 6.61 Å². The molecule has 0 aromatic carbocycles. The van der Waals surface area contributed by atoms with Gasteiger partial charge in [0.15, 0.2) is 0 Å². The summed E-state index contributed by atoms with van der Waals surface area (Å²) in [5, 5.41) is 32.1. The first-order chi connectivity index (χ1) is 10.1. The number of hydrogen-bond acceptors (Lipinski definition) is 5. The summed E-state index contributed by atoms with van der Waals surface area (Å²) in [4.78, 5) is 11.0. The van der Waals surface area contributed by atoms with E-state index in [0.717, 1.165) is 12.8 Å². The zero-order chi connectivity index (χ0) is 16.7. The van der Waals surface area contributed by atoms with Gasteiger partial charge in [0.25, 0.3) is 0 Å². The average molecular weight is 314 g/mol. The molecule has 2 aliphatic carbocycles. The fourth-order valence-corrected chi connectivity index (χ4v) is 4.80. The monoisotopic (exact) mass is 314 g/mol. The van der Waals surface area contributed by atoms with E-state index in [0.29, 0.717) is 12.8 Å². The third-order valence-corrected chi connectivity index (χ3v) is 6.14. The zero-order valence-corrected chi connectivity index (χ0v) is 14.1. The molecule has 0 aliphatic heterocycles. The lowest BCUT2D eigenvalue weighted by Crippen LogP contribution is -2.63. The topological polar surface area (TPSA) is 87.0 Å². The van der Waals surface area contributed by atoms with Crippen molar-refractivity contribution in [1.82, 2.24) is 0 Å². The van der Waals surface area contributed by atoms with Gasteiger partial charge in [0, 0.05) is 18.3 Å². The molecule has 22 heavy (non-hydrogen) atoms. The second kappa shape index (κ2) is 6.10. The minimum Gasteiger partial charge on any atom is -0.466 e. The molecule has 2 aliphatic rings. The van der Waals surface area contributed by atoms with Crippen LogP contribution in [0.1, 0.15) is 53.4 Å². The van der Waals surface area contributed by atoms with E-state index < -0.39 is 23.2 Å². The minimum atomic E-state index is -0.979. The van der Waals surface area contributed by atoms with Crippen molar-refractivity contribution in [3.05, 3.63) is 0 Å². The van der Waals surface area contributed by atoms with Crippen LogP contribution in [-0.2, 0) is 9.53 Å². The lowest BCUT2D eigenvalue weighted by Gasteiger charge is -2.58. The number of carbonyl (C=O) groups excluding carboxylic acids is 1. The van der Waals surface area contributed by atoms with Gasteiger partial charge >= 0.3 is 5.97 Å². The van der Waals surface area contributed by atoms with Crippen molar-refractivity contribution >= 4 is 5.97 Å². The van der Waals surface area contributed by atoms with E-state index in [2.05, 4.69) is 0 Å². The molecule has 0 saturated heterocycles. The van der Waals surface area contributed by atoms with Gasteiger partial charge in [0.05, 0.1) is 24.4 Å². The number of ether oxygens (including phenoxy) is 1. The highest BCUT2D eigenvalue weighted by molar-refractivity contribution is 5.65. The van der Waals surface area contributed by atoms with Gasteiger partial charge in [-0.1, -0.05) is 13.8 Å². The molecule has 2 fully saturated rings. The number of hydrogen-bond donors (Lipinski definition) is 3. The van der Waals surface area contributed by atoms with Crippen molar-refractivity contribution in [3.63, 3.8) is 0 Å². The molecule has 0 amide bonds. The van der Waals surface area contributed by atoms with E-state index >= 15 is 0 Å². The van der Waals surface area contributed by atoms with E-state index in [1.807, 2.05) is 13.8 Å². The van der Waals surface area contributed by atoms with Gasteiger partial charge in [-0.25, -0.2) is 0 Å². The number of esters is 1. The van der Waals surface area contributed by atoms with E-state index in [1.165, 1.54) is 6.92 Å². The Kier molecular flexibility index (Phi) is 4.91. The van der Waals surface area contributed by atoms with Gasteiger partial charge in [-0.05, 0) is 44.4 Å². The molecule has 3 N–H and O–H groups in total. The molecule has 5 nitrogen and oxygen atoms in total. The van der Waals surface area contributed by atoms with Crippen LogP contribution in [0.5, 0.6) is 0 Å². The van der Waals surface area contributed by atoms with Gasteiger partial charge in [0.1, 0.15) is 0 Å². The van der Waals surface area contributed by atoms with E-state index in [9.17, 15) is 20.1 Å². The molecule has 0 aromatic heterocycles. The Morgan fingerprint density at radius 3 is 2.50 bits per heavy atom. The molecule has 0 heterocycles. The quantitative estimate of drug-likeness (QED) is 0.687. The molecule has 1 unspecified atom stereocenters. The van der Waals surface area contributed by atoms with Crippen LogP contribution in [0.2, 0.25) is 0 Å². The molecule has 2 saturated carbocycles. The van der Waals surface area contributed by atoms with Crippen LogP contribution < -0.4 is 0 Å². The molecule has 7 atom stereocenters. The normalized spacial score (nSPS) is 46.7. The summed E-state index contributed by atoms with van der Waals surface area (Å²) in [5.74, 6) is -0.683. The van der Waals surface area contributed by atoms with Gasteiger partial charge in [-0.3, -0.25) is 4.79 Å². The lowest BCUT2D eigenvalue weighted by atomic mass is 9.50. The predicted molar refractivity (Wildman–Crippen MR) is 82.0 cm³/mol. The summed E-state index contributed by atoms with van der Waals surface area (Å²) in [6, 6.07) is 0. The van der Waals surface area contributed by atoms with Crippen LogP contribution in [0.4, 0.5) is 0 Å². The second-order valence-electron chi connectivity index (χ2n) is 7.87. The van der Waals surface area contributed by atoms with Crippen molar-refractivity contribution in [2.45, 2.75) is 71.2 Å². The van der Waals surface area contributed by atoms with E-state index in [-0.39, 0.29) is 30.3 Å². The lowest BCUT2D eigenvalue weighted by molar-refractivity contribution is -0.221. The summed E-state index contributed by atoms with van der Waals surface area (Å²) in [7, 11) is 0. The highest BCUT2D eigenvalue weighted by atomic mass is 16.5. The summed E-state index contributed by atoms with van der Waals surface area (Å²) in [5.41, 5.74) is -1.44. The molecule has 0 spiro atoms.